The van der Waals surface area contributed by atoms with Crippen LogP contribution >= 0.6 is 0 Å². The Bertz CT molecular complexity index is 1070. The Balaban J connectivity index is 4.39. The lowest BCUT2D eigenvalue weighted by Crippen LogP contribution is -2.30. The van der Waals surface area contributed by atoms with Crippen LogP contribution in [-0.4, -0.2) is 37.2 Å². The number of allylic oxidation sites excluding steroid dienone is 8. The van der Waals surface area contributed by atoms with Crippen molar-refractivity contribution < 1.29 is 28.6 Å². The lowest BCUT2D eigenvalue weighted by molar-refractivity contribution is -0.167. The van der Waals surface area contributed by atoms with Crippen molar-refractivity contribution in [3.63, 3.8) is 0 Å². The van der Waals surface area contributed by atoms with Crippen LogP contribution < -0.4 is 0 Å². The summed E-state index contributed by atoms with van der Waals surface area (Å²) < 4.78 is 16.8. The third-order valence-corrected chi connectivity index (χ3v) is 11.3. The van der Waals surface area contributed by atoms with E-state index in [-0.39, 0.29) is 31.1 Å². The molecule has 6 heteroatoms. The van der Waals surface area contributed by atoms with Crippen molar-refractivity contribution in [3.05, 3.63) is 48.6 Å². The molecule has 6 nitrogen and oxygen atoms in total. The maximum absolute atomic E-state index is 12.8. The van der Waals surface area contributed by atoms with E-state index in [1.54, 1.807) is 0 Å². The Kier molecular flexibility index (Phi) is 47.9. The molecule has 0 fully saturated rings. The maximum atomic E-state index is 12.8. The van der Waals surface area contributed by atoms with Gasteiger partial charge in [0.05, 0.1) is 0 Å². The van der Waals surface area contributed by atoms with E-state index in [0.717, 1.165) is 96.3 Å². The van der Waals surface area contributed by atoms with Gasteiger partial charge in [-0.1, -0.05) is 198 Å². The van der Waals surface area contributed by atoms with E-state index in [1.165, 1.54) is 128 Å². The average molecular weight is 855 g/mol. The Morgan fingerprint density at radius 2 is 0.607 bits per heavy atom. The Hall–Kier alpha value is -2.63. The van der Waals surface area contributed by atoms with Gasteiger partial charge in [-0.15, -0.1) is 0 Å². The van der Waals surface area contributed by atoms with E-state index in [0.29, 0.717) is 19.3 Å². The minimum absolute atomic E-state index is 0.0848. The second kappa shape index (κ2) is 50.0. The molecule has 61 heavy (non-hydrogen) atoms. The SMILES string of the molecule is CCCC/C=C\CCCCCCCC(=O)OCC(COC(=O)CCCCCCC/C=C\C/C=C\CCCCCC)OC(=O)CCCCCCC/C=C\CCCCCCCCC. The van der Waals surface area contributed by atoms with E-state index in [1.807, 2.05) is 0 Å². The maximum Gasteiger partial charge on any atom is 0.306 e. The van der Waals surface area contributed by atoms with Crippen molar-refractivity contribution in [2.24, 2.45) is 0 Å². The van der Waals surface area contributed by atoms with E-state index in [2.05, 4.69) is 69.4 Å². The smallest absolute Gasteiger partial charge is 0.306 e. The van der Waals surface area contributed by atoms with E-state index in [4.69, 9.17) is 14.2 Å². The van der Waals surface area contributed by atoms with Gasteiger partial charge in [-0.2, -0.15) is 0 Å². The number of unbranched alkanes of at least 4 members (excludes halogenated alkanes) is 28. The first-order chi connectivity index (χ1) is 30.0. The van der Waals surface area contributed by atoms with Gasteiger partial charge in [0.2, 0.25) is 0 Å². The summed E-state index contributed by atoms with van der Waals surface area (Å²) in [6.45, 7) is 6.56. The van der Waals surface area contributed by atoms with Crippen LogP contribution in [0, 0.1) is 0 Å². The zero-order chi connectivity index (χ0) is 44.4. The lowest BCUT2D eigenvalue weighted by Gasteiger charge is -2.18. The summed E-state index contributed by atoms with van der Waals surface area (Å²) in [7, 11) is 0. The number of carbonyl (C=O) groups excluding carboxylic acids is 3. The van der Waals surface area contributed by atoms with Gasteiger partial charge in [0.1, 0.15) is 13.2 Å². The first kappa shape index (κ1) is 58.4. The summed E-state index contributed by atoms with van der Waals surface area (Å²) in [5, 5.41) is 0. The quantitative estimate of drug-likeness (QED) is 0.0263. The molecule has 0 heterocycles. The Morgan fingerprint density at radius 1 is 0.328 bits per heavy atom. The number of carbonyl (C=O) groups is 3. The van der Waals surface area contributed by atoms with Crippen LogP contribution in [0.2, 0.25) is 0 Å². The zero-order valence-corrected chi connectivity index (χ0v) is 40.4. The second-order valence-electron chi connectivity index (χ2n) is 17.4. The molecule has 0 spiro atoms. The molecule has 0 bridgehead atoms. The molecule has 0 aliphatic rings. The van der Waals surface area contributed by atoms with Gasteiger partial charge in [-0.05, 0) is 96.3 Å². The van der Waals surface area contributed by atoms with Gasteiger partial charge in [0.15, 0.2) is 6.10 Å². The molecule has 0 radical (unpaired) electrons. The van der Waals surface area contributed by atoms with Crippen molar-refractivity contribution in [3.8, 4) is 0 Å². The summed E-state index contributed by atoms with van der Waals surface area (Å²) in [5.41, 5.74) is 0. The van der Waals surface area contributed by atoms with Crippen molar-refractivity contribution in [2.75, 3.05) is 13.2 Å². The monoisotopic (exact) mass is 855 g/mol. The lowest BCUT2D eigenvalue weighted by atomic mass is 10.1. The topological polar surface area (TPSA) is 78.9 Å². The van der Waals surface area contributed by atoms with Crippen LogP contribution in [0.3, 0.4) is 0 Å². The second-order valence-corrected chi connectivity index (χ2v) is 17.4. The number of rotatable bonds is 47. The molecular weight excluding hydrogens is 757 g/mol. The fourth-order valence-electron chi connectivity index (χ4n) is 7.27. The van der Waals surface area contributed by atoms with Crippen molar-refractivity contribution >= 4 is 17.9 Å². The van der Waals surface area contributed by atoms with Crippen LogP contribution in [0.1, 0.15) is 265 Å². The fraction of sp³-hybridized carbons (Fsp3) is 0.800. The molecule has 0 aromatic carbocycles. The number of ether oxygens (including phenoxy) is 3. The highest BCUT2D eigenvalue weighted by molar-refractivity contribution is 5.71. The number of hydrogen-bond donors (Lipinski definition) is 0. The molecule has 354 valence electrons. The highest BCUT2D eigenvalue weighted by atomic mass is 16.6. The third-order valence-electron chi connectivity index (χ3n) is 11.3. The van der Waals surface area contributed by atoms with Crippen molar-refractivity contribution in [1.82, 2.24) is 0 Å². The van der Waals surface area contributed by atoms with Crippen molar-refractivity contribution in [1.29, 1.82) is 0 Å². The molecule has 0 saturated carbocycles. The normalized spacial score (nSPS) is 12.4. The predicted molar refractivity (Wildman–Crippen MR) is 261 cm³/mol. The predicted octanol–water partition coefficient (Wildman–Crippen LogP) is 17.1. The fourth-order valence-corrected chi connectivity index (χ4v) is 7.27. The highest BCUT2D eigenvalue weighted by Crippen LogP contribution is 2.14. The van der Waals surface area contributed by atoms with Gasteiger partial charge < -0.3 is 14.2 Å². The van der Waals surface area contributed by atoms with E-state index in [9.17, 15) is 14.4 Å². The summed E-state index contributed by atoms with van der Waals surface area (Å²) in [4.78, 5) is 37.9. The van der Waals surface area contributed by atoms with Crippen molar-refractivity contribution in [2.45, 2.75) is 271 Å². The molecular formula is C55H98O6. The summed E-state index contributed by atoms with van der Waals surface area (Å²) >= 11 is 0. The summed E-state index contributed by atoms with van der Waals surface area (Å²) in [6, 6.07) is 0. The minimum atomic E-state index is -0.784. The van der Waals surface area contributed by atoms with Gasteiger partial charge in [-0.3, -0.25) is 14.4 Å². The number of esters is 3. The molecule has 0 aromatic rings. The van der Waals surface area contributed by atoms with Crippen LogP contribution in [0.15, 0.2) is 48.6 Å². The molecule has 0 aliphatic carbocycles. The first-order valence-electron chi connectivity index (χ1n) is 26.1. The Morgan fingerprint density at radius 3 is 0.984 bits per heavy atom. The van der Waals surface area contributed by atoms with E-state index >= 15 is 0 Å². The van der Waals surface area contributed by atoms with Crippen LogP contribution in [0.5, 0.6) is 0 Å². The van der Waals surface area contributed by atoms with Gasteiger partial charge in [-0.25, -0.2) is 0 Å². The van der Waals surface area contributed by atoms with Crippen LogP contribution in [0.4, 0.5) is 0 Å². The summed E-state index contributed by atoms with van der Waals surface area (Å²) in [6.07, 6.45) is 59.5. The van der Waals surface area contributed by atoms with Gasteiger partial charge >= 0.3 is 17.9 Å². The minimum Gasteiger partial charge on any atom is -0.462 e. The zero-order valence-electron chi connectivity index (χ0n) is 40.4. The first-order valence-corrected chi connectivity index (χ1v) is 26.1. The molecule has 0 amide bonds. The van der Waals surface area contributed by atoms with Crippen LogP contribution in [-0.2, 0) is 28.6 Å². The van der Waals surface area contributed by atoms with E-state index < -0.39 is 6.10 Å². The summed E-state index contributed by atoms with van der Waals surface area (Å²) in [5.74, 6) is -0.910. The average Bonchev–Trinajstić information content (AvgIpc) is 3.26. The molecule has 0 saturated heterocycles. The highest BCUT2D eigenvalue weighted by Gasteiger charge is 2.19. The van der Waals surface area contributed by atoms with Gasteiger partial charge in [0, 0.05) is 19.3 Å². The van der Waals surface area contributed by atoms with Gasteiger partial charge in [0.25, 0.3) is 0 Å². The largest absolute Gasteiger partial charge is 0.462 e. The standard InChI is InChI=1S/C55H98O6/c1-4-7-10-13-16-19-22-24-26-28-30-33-36-39-42-45-48-54(57)60-51-52(50-59-53(56)47-44-41-38-35-32-21-18-15-12-9-6-3)61-55(58)49-46-43-40-37-34-31-29-27-25-23-20-17-14-11-8-5-2/h15,18-19,22,26-29,52H,4-14,16-17,20-21,23-25,30-51H2,1-3H3/b18-15-,22-19-,28-26-,29-27-. The Labute approximate surface area is 378 Å². The number of hydrogen-bond acceptors (Lipinski definition) is 6. The molecule has 0 rings (SSSR count). The van der Waals surface area contributed by atoms with Crippen LogP contribution in [0.25, 0.3) is 0 Å². The molecule has 0 N–H and O–H groups in total. The molecule has 0 aromatic heterocycles. The molecule has 0 aliphatic heterocycles. The third kappa shape index (κ3) is 48.3. The molecule has 1 unspecified atom stereocenters. The molecule has 1 atom stereocenters.